The van der Waals surface area contributed by atoms with Gasteiger partial charge in [0.25, 0.3) is 0 Å². The Bertz CT molecular complexity index is 529. The van der Waals surface area contributed by atoms with Crippen LogP contribution in [0.4, 0.5) is 0 Å². The minimum absolute atomic E-state index is 0.905. The van der Waals surface area contributed by atoms with Gasteiger partial charge >= 0.3 is 0 Å². The molecule has 0 atom stereocenters. The van der Waals surface area contributed by atoms with Crippen molar-refractivity contribution < 1.29 is 4.74 Å². The Labute approximate surface area is 115 Å². The van der Waals surface area contributed by atoms with Crippen molar-refractivity contribution in [3.05, 3.63) is 77.9 Å². The van der Waals surface area contributed by atoms with E-state index in [0.717, 1.165) is 25.0 Å². The maximum absolute atomic E-state index is 5.44. The summed E-state index contributed by atoms with van der Waals surface area (Å²) in [6, 6.07) is 16.9. The van der Waals surface area contributed by atoms with E-state index < -0.39 is 0 Å². The molecular weight excluding hydrogens is 232 g/mol. The molecule has 98 valence electrons. The fourth-order valence-corrected chi connectivity index (χ4v) is 2.24. The average molecular weight is 252 g/mol. The van der Waals surface area contributed by atoms with E-state index in [4.69, 9.17) is 4.74 Å². The highest BCUT2D eigenvalue weighted by Crippen LogP contribution is 2.22. The highest BCUT2D eigenvalue weighted by molar-refractivity contribution is 5.38. The number of methoxy groups -OCH3 is 1. The van der Waals surface area contributed by atoms with Gasteiger partial charge in [0.05, 0.1) is 7.11 Å². The maximum atomic E-state index is 5.44. The first-order chi connectivity index (χ1) is 9.33. The van der Waals surface area contributed by atoms with E-state index in [1.54, 1.807) is 7.11 Å². The summed E-state index contributed by atoms with van der Waals surface area (Å²) in [5, 5.41) is 0. The first-order valence-corrected chi connectivity index (χ1v) is 6.64. The Morgan fingerprint density at radius 1 is 1.00 bits per heavy atom. The molecule has 2 aromatic carbocycles. The normalized spacial score (nSPS) is 10.2. The number of aryl methyl sites for hydroxylation is 2. The third-order valence-electron chi connectivity index (χ3n) is 3.25. The van der Waals surface area contributed by atoms with Gasteiger partial charge in [0.15, 0.2) is 0 Å². The van der Waals surface area contributed by atoms with Crippen LogP contribution in [0.1, 0.15) is 16.7 Å². The van der Waals surface area contributed by atoms with Crippen molar-refractivity contribution >= 4 is 0 Å². The van der Waals surface area contributed by atoms with Gasteiger partial charge in [0.2, 0.25) is 0 Å². The molecule has 2 aromatic rings. The van der Waals surface area contributed by atoms with Gasteiger partial charge in [-0.3, -0.25) is 0 Å². The predicted octanol–water partition coefficient (Wildman–Crippen LogP) is 4.21. The number of ether oxygens (including phenoxy) is 1. The number of benzene rings is 2. The van der Waals surface area contributed by atoms with E-state index in [1.165, 1.54) is 16.7 Å². The molecule has 0 amide bonds. The molecule has 0 aliphatic rings. The fraction of sp³-hybridized carbons (Fsp3) is 0.222. The molecule has 19 heavy (non-hydrogen) atoms. The Balaban J connectivity index is 2.13. The first kappa shape index (κ1) is 13.4. The molecule has 0 aliphatic carbocycles. The largest absolute Gasteiger partial charge is 0.496 e. The van der Waals surface area contributed by atoms with Crippen molar-refractivity contribution in [1.82, 2.24) is 0 Å². The van der Waals surface area contributed by atoms with Crippen LogP contribution >= 0.6 is 0 Å². The highest BCUT2D eigenvalue weighted by Gasteiger charge is 2.04. The van der Waals surface area contributed by atoms with E-state index in [2.05, 4.69) is 55.1 Å². The minimum atomic E-state index is 0.905. The third kappa shape index (κ3) is 3.72. The van der Waals surface area contributed by atoms with Gasteiger partial charge < -0.3 is 4.74 Å². The van der Waals surface area contributed by atoms with E-state index in [-0.39, 0.29) is 0 Å². The van der Waals surface area contributed by atoms with Crippen LogP contribution in [0.15, 0.2) is 61.2 Å². The van der Waals surface area contributed by atoms with E-state index in [9.17, 15) is 0 Å². The molecule has 1 nitrogen and oxygen atoms in total. The molecule has 0 fully saturated rings. The summed E-state index contributed by atoms with van der Waals surface area (Å²) in [4.78, 5) is 0. The maximum Gasteiger partial charge on any atom is 0.122 e. The second-order valence-electron chi connectivity index (χ2n) is 4.62. The van der Waals surface area contributed by atoms with Crippen LogP contribution in [0.3, 0.4) is 0 Å². The van der Waals surface area contributed by atoms with Crippen LogP contribution in [-0.2, 0) is 19.3 Å². The zero-order chi connectivity index (χ0) is 13.5. The molecule has 0 aromatic heterocycles. The van der Waals surface area contributed by atoms with Gasteiger partial charge in [-0.15, -0.1) is 6.58 Å². The lowest BCUT2D eigenvalue weighted by atomic mass is 10.0. The highest BCUT2D eigenvalue weighted by atomic mass is 16.5. The van der Waals surface area contributed by atoms with Crippen LogP contribution in [0.25, 0.3) is 0 Å². The lowest BCUT2D eigenvalue weighted by Gasteiger charge is -2.10. The second kappa shape index (κ2) is 6.79. The molecule has 0 radical (unpaired) electrons. The molecular formula is C18H20O. The molecule has 2 rings (SSSR count). The molecule has 0 unspecified atom stereocenters. The number of rotatable bonds is 6. The SMILES string of the molecule is C=CCc1ccc(OC)c(CCc2ccccc2)c1. The summed E-state index contributed by atoms with van der Waals surface area (Å²) in [5.74, 6) is 0.976. The van der Waals surface area contributed by atoms with Gasteiger partial charge in [-0.05, 0) is 42.0 Å². The Morgan fingerprint density at radius 3 is 2.47 bits per heavy atom. The Kier molecular flexibility index (Phi) is 4.79. The summed E-state index contributed by atoms with van der Waals surface area (Å²) in [6.45, 7) is 3.79. The zero-order valence-corrected chi connectivity index (χ0v) is 11.4. The molecule has 1 heteroatoms. The fourth-order valence-electron chi connectivity index (χ4n) is 2.24. The van der Waals surface area contributed by atoms with Crippen LogP contribution in [0, 0.1) is 0 Å². The zero-order valence-electron chi connectivity index (χ0n) is 11.4. The molecule has 0 N–H and O–H groups in total. The van der Waals surface area contributed by atoms with Crippen LogP contribution in [-0.4, -0.2) is 7.11 Å². The van der Waals surface area contributed by atoms with Gasteiger partial charge in [-0.2, -0.15) is 0 Å². The van der Waals surface area contributed by atoms with Gasteiger partial charge in [0.1, 0.15) is 5.75 Å². The Hall–Kier alpha value is -2.02. The molecule has 0 saturated carbocycles. The molecule has 0 spiro atoms. The van der Waals surface area contributed by atoms with Gasteiger partial charge in [0, 0.05) is 0 Å². The lowest BCUT2D eigenvalue weighted by molar-refractivity contribution is 0.409. The molecule has 0 heterocycles. The summed E-state index contributed by atoms with van der Waals surface area (Å²) in [7, 11) is 1.73. The molecule has 0 saturated heterocycles. The van der Waals surface area contributed by atoms with Crippen LogP contribution in [0.5, 0.6) is 5.75 Å². The van der Waals surface area contributed by atoms with Crippen LogP contribution < -0.4 is 4.74 Å². The van der Waals surface area contributed by atoms with Crippen molar-refractivity contribution in [2.45, 2.75) is 19.3 Å². The summed E-state index contributed by atoms with van der Waals surface area (Å²) >= 11 is 0. The number of hydrogen-bond donors (Lipinski definition) is 0. The smallest absolute Gasteiger partial charge is 0.122 e. The average Bonchev–Trinajstić information content (AvgIpc) is 2.47. The second-order valence-corrected chi connectivity index (χ2v) is 4.62. The lowest BCUT2D eigenvalue weighted by Crippen LogP contribution is -1.97. The van der Waals surface area contributed by atoms with E-state index in [1.807, 2.05) is 6.08 Å². The van der Waals surface area contributed by atoms with Crippen molar-refractivity contribution in [2.24, 2.45) is 0 Å². The van der Waals surface area contributed by atoms with E-state index >= 15 is 0 Å². The first-order valence-electron chi connectivity index (χ1n) is 6.64. The molecule has 0 aliphatic heterocycles. The van der Waals surface area contributed by atoms with Crippen molar-refractivity contribution in [3.63, 3.8) is 0 Å². The van der Waals surface area contributed by atoms with Crippen molar-refractivity contribution in [1.29, 1.82) is 0 Å². The third-order valence-corrected chi connectivity index (χ3v) is 3.25. The van der Waals surface area contributed by atoms with Crippen LogP contribution in [0.2, 0.25) is 0 Å². The van der Waals surface area contributed by atoms with Gasteiger partial charge in [-0.25, -0.2) is 0 Å². The van der Waals surface area contributed by atoms with Crippen molar-refractivity contribution in [2.75, 3.05) is 7.11 Å². The summed E-state index contributed by atoms with van der Waals surface area (Å²) in [5.41, 5.74) is 3.92. The Morgan fingerprint density at radius 2 is 1.79 bits per heavy atom. The summed E-state index contributed by atoms with van der Waals surface area (Å²) < 4.78 is 5.44. The number of allylic oxidation sites excluding steroid dienone is 1. The number of hydrogen-bond acceptors (Lipinski definition) is 1. The standard InChI is InChI=1S/C18H20O/c1-3-7-16-11-13-18(19-2)17(14-16)12-10-15-8-5-4-6-9-15/h3-6,8-9,11,13-14H,1,7,10,12H2,2H3. The van der Waals surface area contributed by atoms with Gasteiger partial charge in [-0.1, -0.05) is 48.5 Å². The topological polar surface area (TPSA) is 9.23 Å². The monoisotopic (exact) mass is 252 g/mol. The van der Waals surface area contributed by atoms with Crippen molar-refractivity contribution in [3.8, 4) is 5.75 Å². The quantitative estimate of drug-likeness (QED) is 0.700. The predicted molar refractivity (Wildman–Crippen MR) is 80.7 cm³/mol. The minimum Gasteiger partial charge on any atom is -0.496 e. The van der Waals surface area contributed by atoms with E-state index in [0.29, 0.717) is 0 Å². The molecule has 0 bridgehead atoms. The summed E-state index contributed by atoms with van der Waals surface area (Å²) in [6.07, 6.45) is 4.87.